The SMILES string of the molecule is C[C@@H]1C[C@@H](C)CN(C(=O)c2ccccc2C(=O)[O-])C1. The van der Waals surface area contributed by atoms with Gasteiger partial charge in [-0.05, 0) is 24.3 Å². The molecule has 1 fully saturated rings. The lowest BCUT2D eigenvalue weighted by Crippen LogP contribution is -2.43. The van der Waals surface area contributed by atoms with Crippen LogP contribution in [0.15, 0.2) is 24.3 Å². The van der Waals surface area contributed by atoms with Crippen LogP contribution < -0.4 is 5.11 Å². The lowest BCUT2D eigenvalue weighted by Gasteiger charge is -2.35. The molecule has 0 spiro atoms. The Bertz CT molecular complexity index is 488. The van der Waals surface area contributed by atoms with Gasteiger partial charge in [-0.3, -0.25) is 4.79 Å². The van der Waals surface area contributed by atoms with Crippen molar-refractivity contribution in [1.82, 2.24) is 4.90 Å². The number of carbonyl (C=O) groups is 2. The first-order valence-electron chi connectivity index (χ1n) is 6.58. The van der Waals surface area contributed by atoms with Crippen LogP contribution in [-0.2, 0) is 0 Å². The number of carbonyl (C=O) groups excluding carboxylic acids is 2. The number of piperidine rings is 1. The Morgan fingerprint density at radius 1 is 1.11 bits per heavy atom. The van der Waals surface area contributed by atoms with E-state index >= 15 is 0 Å². The highest BCUT2D eigenvalue weighted by Crippen LogP contribution is 2.23. The third-order valence-electron chi connectivity index (χ3n) is 3.53. The first-order chi connectivity index (χ1) is 8.99. The Morgan fingerprint density at radius 2 is 1.63 bits per heavy atom. The number of hydrogen-bond acceptors (Lipinski definition) is 3. The van der Waals surface area contributed by atoms with Gasteiger partial charge in [-0.15, -0.1) is 0 Å². The van der Waals surface area contributed by atoms with Gasteiger partial charge >= 0.3 is 0 Å². The van der Waals surface area contributed by atoms with Crippen LogP contribution in [0.2, 0.25) is 0 Å². The van der Waals surface area contributed by atoms with Crippen molar-refractivity contribution < 1.29 is 14.7 Å². The molecule has 1 amide bonds. The van der Waals surface area contributed by atoms with Crippen LogP contribution in [0.1, 0.15) is 41.0 Å². The molecule has 1 aromatic rings. The maximum absolute atomic E-state index is 12.5. The molecule has 2 atom stereocenters. The van der Waals surface area contributed by atoms with E-state index < -0.39 is 5.97 Å². The maximum Gasteiger partial charge on any atom is 0.254 e. The van der Waals surface area contributed by atoms with Crippen LogP contribution in [0.4, 0.5) is 0 Å². The number of carboxylic acid groups (broad SMARTS) is 1. The van der Waals surface area contributed by atoms with Crippen molar-refractivity contribution in [3.05, 3.63) is 35.4 Å². The number of likely N-dealkylation sites (tertiary alicyclic amines) is 1. The normalized spacial score (nSPS) is 23.2. The Hall–Kier alpha value is -1.84. The van der Waals surface area contributed by atoms with Crippen LogP contribution in [-0.4, -0.2) is 29.9 Å². The highest BCUT2D eigenvalue weighted by molar-refractivity contribution is 6.04. The Balaban J connectivity index is 2.27. The summed E-state index contributed by atoms with van der Waals surface area (Å²) in [5, 5.41) is 11.1. The highest BCUT2D eigenvalue weighted by Gasteiger charge is 2.27. The van der Waals surface area contributed by atoms with Crippen LogP contribution in [0.3, 0.4) is 0 Å². The molecule has 0 N–H and O–H groups in total. The summed E-state index contributed by atoms with van der Waals surface area (Å²) in [5.41, 5.74) is 0.196. The smallest absolute Gasteiger partial charge is 0.254 e. The lowest BCUT2D eigenvalue weighted by molar-refractivity contribution is -0.255. The van der Waals surface area contributed by atoms with Crippen molar-refractivity contribution in [2.75, 3.05) is 13.1 Å². The average molecular weight is 260 g/mol. The van der Waals surface area contributed by atoms with E-state index in [1.54, 1.807) is 23.1 Å². The number of aromatic carboxylic acids is 1. The molecule has 0 aromatic heterocycles. The lowest BCUT2D eigenvalue weighted by atomic mass is 9.91. The van der Waals surface area contributed by atoms with E-state index in [0.29, 0.717) is 24.9 Å². The van der Waals surface area contributed by atoms with Crippen molar-refractivity contribution in [2.24, 2.45) is 11.8 Å². The largest absolute Gasteiger partial charge is 0.545 e. The number of carboxylic acids is 1. The van der Waals surface area contributed by atoms with Gasteiger partial charge in [0.15, 0.2) is 0 Å². The zero-order valence-corrected chi connectivity index (χ0v) is 11.3. The predicted octanol–water partition coefficient (Wildman–Crippen LogP) is 1.17. The maximum atomic E-state index is 12.5. The second kappa shape index (κ2) is 5.43. The second-order valence-electron chi connectivity index (χ2n) is 5.49. The third kappa shape index (κ3) is 2.95. The van der Waals surface area contributed by atoms with Crippen molar-refractivity contribution in [3.8, 4) is 0 Å². The number of benzene rings is 1. The summed E-state index contributed by atoms with van der Waals surface area (Å²) in [6.07, 6.45) is 1.10. The minimum Gasteiger partial charge on any atom is -0.545 e. The molecular weight excluding hydrogens is 242 g/mol. The summed E-state index contributed by atoms with van der Waals surface area (Å²) in [6, 6.07) is 6.25. The predicted molar refractivity (Wildman–Crippen MR) is 69.6 cm³/mol. The van der Waals surface area contributed by atoms with Crippen molar-refractivity contribution in [2.45, 2.75) is 20.3 Å². The minimum absolute atomic E-state index is 0.0293. The molecule has 0 radical (unpaired) electrons. The molecule has 1 aliphatic rings. The van der Waals surface area contributed by atoms with Crippen LogP contribution in [0.25, 0.3) is 0 Å². The van der Waals surface area contributed by atoms with Crippen molar-refractivity contribution in [1.29, 1.82) is 0 Å². The Morgan fingerprint density at radius 3 is 2.16 bits per heavy atom. The van der Waals surface area contributed by atoms with E-state index in [0.717, 1.165) is 6.42 Å². The summed E-state index contributed by atoms with van der Waals surface area (Å²) < 4.78 is 0. The Labute approximate surface area is 113 Å². The fourth-order valence-corrected chi connectivity index (χ4v) is 2.85. The standard InChI is InChI=1S/C15H19NO3/c1-10-7-11(2)9-16(8-10)14(17)12-5-3-4-6-13(12)15(18)19/h3-6,10-11H,7-9H2,1-2H3,(H,18,19)/p-1/t10-,11-/m1/s1. The number of amides is 1. The van der Waals surface area contributed by atoms with Crippen molar-refractivity contribution in [3.63, 3.8) is 0 Å². The number of rotatable bonds is 2. The van der Waals surface area contributed by atoms with Crippen molar-refractivity contribution >= 4 is 11.9 Å². The monoisotopic (exact) mass is 260 g/mol. The number of hydrogen-bond donors (Lipinski definition) is 0. The fraction of sp³-hybridized carbons (Fsp3) is 0.467. The summed E-state index contributed by atoms with van der Waals surface area (Å²) in [6.45, 7) is 5.59. The molecular formula is C15H18NO3-. The zero-order chi connectivity index (χ0) is 14.0. The van der Waals surface area contributed by atoms with Gasteiger partial charge < -0.3 is 14.8 Å². The molecule has 4 heteroatoms. The Kier molecular flexibility index (Phi) is 3.88. The van der Waals surface area contributed by atoms with Gasteiger partial charge in [-0.25, -0.2) is 0 Å². The highest BCUT2D eigenvalue weighted by atomic mass is 16.4. The topological polar surface area (TPSA) is 60.4 Å². The first kappa shape index (κ1) is 13.6. The van der Waals surface area contributed by atoms with E-state index in [-0.39, 0.29) is 17.0 Å². The van der Waals surface area contributed by atoms with E-state index in [1.807, 2.05) is 0 Å². The van der Waals surface area contributed by atoms with Crippen LogP contribution in [0.5, 0.6) is 0 Å². The minimum atomic E-state index is -1.30. The molecule has 2 rings (SSSR count). The van der Waals surface area contributed by atoms with Gasteiger partial charge in [-0.1, -0.05) is 32.0 Å². The summed E-state index contributed by atoms with van der Waals surface area (Å²) in [5.74, 6) is -0.620. The second-order valence-corrected chi connectivity index (χ2v) is 5.49. The molecule has 19 heavy (non-hydrogen) atoms. The molecule has 102 valence electrons. The van der Waals surface area contributed by atoms with Crippen LogP contribution >= 0.6 is 0 Å². The molecule has 0 aliphatic carbocycles. The molecule has 1 saturated heterocycles. The quantitative estimate of drug-likeness (QED) is 0.802. The molecule has 1 aliphatic heterocycles. The molecule has 4 nitrogen and oxygen atoms in total. The molecule has 1 aromatic carbocycles. The number of nitrogens with zero attached hydrogens (tertiary/aromatic N) is 1. The molecule has 1 heterocycles. The van der Waals surface area contributed by atoms with Gasteiger partial charge in [0.25, 0.3) is 5.91 Å². The summed E-state index contributed by atoms with van der Waals surface area (Å²) >= 11 is 0. The van der Waals surface area contributed by atoms with Gasteiger partial charge in [0, 0.05) is 24.2 Å². The van der Waals surface area contributed by atoms with Gasteiger partial charge in [0.1, 0.15) is 0 Å². The van der Waals surface area contributed by atoms with Gasteiger partial charge in [-0.2, -0.15) is 0 Å². The molecule has 0 saturated carbocycles. The zero-order valence-electron chi connectivity index (χ0n) is 11.3. The molecule has 0 bridgehead atoms. The van der Waals surface area contributed by atoms with E-state index in [4.69, 9.17) is 0 Å². The first-order valence-corrected chi connectivity index (χ1v) is 6.58. The average Bonchev–Trinajstić information content (AvgIpc) is 2.36. The molecule has 0 unspecified atom stereocenters. The summed E-state index contributed by atoms with van der Waals surface area (Å²) in [7, 11) is 0. The van der Waals surface area contributed by atoms with Gasteiger partial charge in [0.05, 0.1) is 5.97 Å². The third-order valence-corrected chi connectivity index (χ3v) is 3.53. The van der Waals surface area contributed by atoms with E-state index in [9.17, 15) is 14.7 Å². The summed E-state index contributed by atoms with van der Waals surface area (Å²) in [4.78, 5) is 25.3. The van der Waals surface area contributed by atoms with E-state index in [2.05, 4.69) is 13.8 Å². The van der Waals surface area contributed by atoms with E-state index in [1.165, 1.54) is 6.07 Å². The van der Waals surface area contributed by atoms with Gasteiger partial charge in [0.2, 0.25) is 0 Å². The van der Waals surface area contributed by atoms with Crippen LogP contribution in [0, 0.1) is 11.8 Å². The fourth-order valence-electron chi connectivity index (χ4n) is 2.85.